The van der Waals surface area contributed by atoms with Gasteiger partial charge in [0.2, 0.25) is 0 Å². The number of rotatable bonds is 5. The minimum Gasteiger partial charge on any atom is -0.507 e. The highest BCUT2D eigenvalue weighted by Crippen LogP contribution is 2.40. The zero-order valence-electron chi connectivity index (χ0n) is 15.1. The molecule has 1 saturated heterocycles. The van der Waals surface area contributed by atoms with E-state index in [1.165, 1.54) is 30.2 Å². The lowest BCUT2D eigenvalue weighted by atomic mass is 9.95. The number of halogens is 1. The third kappa shape index (κ3) is 3.30. The second-order valence-corrected chi connectivity index (χ2v) is 6.25. The lowest BCUT2D eigenvalue weighted by Crippen LogP contribution is -2.30. The van der Waals surface area contributed by atoms with Crippen LogP contribution in [0.3, 0.4) is 0 Å². The SMILES string of the molecule is CCCN1C(=O)C(=O)/C(=C(\O)c2cccc(OC)c2)C1c1ccccc1F. The highest BCUT2D eigenvalue weighted by atomic mass is 19.1. The molecule has 1 atom stereocenters. The topological polar surface area (TPSA) is 66.8 Å². The fourth-order valence-corrected chi connectivity index (χ4v) is 3.30. The van der Waals surface area contributed by atoms with Gasteiger partial charge in [-0.15, -0.1) is 0 Å². The quantitative estimate of drug-likeness (QED) is 0.496. The number of amides is 1. The number of benzene rings is 2. The molecule has 1 heterocycles. The van der Waals surface area contributed by atoms with Crippen molar-refractivity contribution in [3.8, 4) is 5.75 Å². The summed E-state index contributed by atoms with van der Waals surface area (Å²) in [4.78, 5) is 26.5. The summed E-state index contributed by atoms with van der Waals surface area (Å²) in [5, 5.41) is 10.8. The molecular weight excluding hydrogens is 349 g/mol. The largest absolute Gasteiger partial charge is 0.507 e. The Morgan fingerprint density at radius 1 is 1.19 bits per heavy atom. The lowest BCUT2D eigenvalue weighted by molar-refractivity contribution is -0.139. The Bertz CT molecular complexity index is 922. The predicted molar refractivity (Wildman–Crippen MR) is 98.7 cm³/mol. The van der Waals surface area contributed by atoms with Gasteiger partial charge in [-0.2, -0.15) is 0 Å². The van der Waals surface area contributed by atoms with E-state index >= 15 is 0 Å². The molecule has 2 aromatic carbocycles. The fraction of sp³-hybridized carbons (Fsp3) is 0.238. The van der Waals surface area contributed by atoms with Gasteiger partial charge in [-0.25, -0.2) is 4.39 Å². The summed E-state index contributed by atoms with van der Waals surface area (Å²) in [7, 11) is 1.48. The molecule has 1 amide bonds. The molecule has 1 aliphatic heterocycles. The second kappa shape index (κ2) is 7.61. The maximum Gasteiger partial charge on any atom is 0.295 e. The van der Waals surface area contributed by atoms with E-state index in [0.29, 0.717) is 17.7 Å². The Morgan fingerprint density at radius 2 is 1.93 bits per heavy atom. The zero-order valence-corrected chi connectivity index (χ0v) is 15.1. The van der Waals surface area contributed by atoms with Crippen LogP contribution in [0.1, 0.15) is 30.5 Å². The molecule has 1 aliphatic rings. The van der Waals surface area contributed by atoms with Crippen LogP contribution in [0, 0.1) is 5.82 Å². The molecule has 2 aromatic rings. The minimum absolute atomic E-state index is 0.119. The average Bonchev–Trinajstić information content (AvgIpc) is 2.93. The Balaban J connectivity index is 2.22. The number of hydrogen-bond acceptors (Lipinski definition) is 4. The molecule has 27 heavy (non-hydrogen) atoms. The van der Waals surface area contributed by atoms with Crippen LogP contribution < -0.4 is 4.74 Å². The average molecular weight is 369 g/mol. The molecule has 0 radical (unpaired) electrons. The van der Waals surface area contributed by atoms with Crippen LogP contribution in [-0.2, 0) is 9.59 Å². The Kier molecular flexibility index (Phi) is 5.26. The van der Waals surface area contributed by atoms with Crippen LogP contribution in [0.2, 0.25) is 0 Å². The van der Waals surface area contributed by atoms with Gasteiger partial charge in [0.25, 0.3) is 11.7 Å². The first kappa shape index (κ1) is 18.6. The van der Waals surface area contributed by atoms with Gasteiger partial charge >= 0.3 is 0 Å². The summed E-state index contributed by atoms with van der Waals surface area (Å²) in [6.45, 7) is 2.14. The van der Waals surface area contributed by atoms with Crippen LogP contribution in [0.15, 0.2) is 54.1 Å². The van der Waals surface area contributed by atoms with Gasteiger partial charge in [-0.05, 0) is 24.6 Å². The molecule has 0 bridgehead atoms. The maximum absolute atomic E-state index is 14.5. The first-order valence-electron chi connectivity index (χ1n) is 8.66. The van der Waals surface area contributed by atoms with E-state index in [1.807, 2.05) is 6.92 Å². The molecule has 1 unspecified atom stereocenters. The van der Waals surface area contributed by atoms with Crippen LogP contribution in [0.4, 0.5) is 4.39 Å². The number of nitrogens with zero attached hydrogens (tertiary/aromatic N) is 1. The third-order valence-corrected chi connectivity index (χ3v) is 4.55. The van der Waals surface area contributed by atoms with Crippen molar-refractivity contribution in [3.63, 3.8) is 0 Å². The molecule has 6 heteroatoms. The van der Waals surface area contributed by atoms with Crippen molar-refractivity contribution in [3.05, 3.63) is 71.0 Å². The fourth-order valence-electron chi connectivity index (χ4n) is 3.30. The number of aliphatic hydroxyl groups is 1. The smallest absolute Gasteiger partial charge is 0.295 e. The number of ketones is 1. The van der Waals surface area contributed by atoms with E-state index in [-0.39, 0.29) is 23.4 Å². The van der Waals surface area contributed by atoms with Crippen molar-refractivity contribution in [2.24, 2.45) is 0 Å². The summed E-state index contributed by atoms with van der Waals surface area (Å²) < 4.78 is 19.6. The van der Waals surface area contributed by atoms with Gasteiger partial charge < -0.3 is 14.7 Å². The Labute approximate surface area is 156 Å². The minimum atomic E-state index is -0.975. The summed E-state index contributed by atoms with van der Waals surface area (Å²) >= 11 is 0. The summed E-state index contributed by atoms with van der Waals surface area (Å²) in [5.74, 6) is -1.96. The van der Waals surface area contributed by atoms with Crippen molar-refractivity contribution >= 4 is 17.4 Å². The van der Waals surface area contributed by atoms with Crippen molar-refractivity contribution in [1.29, 1.82) is 0 Å². The molecule has 1 N–H and O–H groups in total. The number of carbonyl (C=O) groups excluding carboxylic acids is 2. The van der Waals surface area contributed by atoms with Crippen molar-refractivity contribution in [2.45, 2.75) is 19.4 Å². The Hall–Kier alpha value is -3.15. The number of Topliss-reactive ketones (excluding diaryl/α,β-unsaturated/α-hetero) is 1. The Morgan fingerprint density at radius 3 is 2.59 bits per heavy atom. The van der Waals surface area contributed by atoms with Gasteiger partial charge in [0.1, 0.15) is 17.3 Å². The summed E-state index contributed by atoms with van der Waals surface area (Å²) in [5.41, 5.74) is 0.381. The van der Waals surface area contributed by atoms with E-state index in [1.54, 1.807) is 30.3 Å². The molecule has 0 spiro atoms. The molecule has 0 aromatic heterocycles. The van der Waals surface area contributed by atoms with Gasteiger partial charge in [-0.1, -0.05) is 37.3 Å². The van der Waals surface area contributed by atoms with Gasteiger partial charge in [0, 0.05) is 17.7 Å². The molecule has 1 fully saturated rings. The zero-order chi connectivity index (χ0) is 19.6. The summed E-state index contributed by atoms with van der Waals surface area (Å²) in [6, 6.07) is 11.5. The number of hydrogen-bond donors (Lipinski definition) is 1. The first-order valence-corrected chi connectivity index (χ1v) is 8.66. The van der Waals surface area contributed by atoms with Crippen molar-refractivity contribution < 1.29 is 23.8 Å². The number of methoxy groups -OCH3 is 1. The van der Waals surface area contributed by atoms with Crippen LogP contribution in [0.25, 0.3) is 5.76 Å². The predicted octanol–water partition coefficient (Wildman–Crippen LogP) is 3.67. The van der Waals surface area contributed by atoms with Crippen LogP contribution >= 0.6 is 0 Å². The number of ether oxygens (including phenoxy) is 1. The van der Waals surface area contributed by atoms with Gasteiger partial charge in [0.15, 0.2) is 0 Å². The molecule has 5 nitrogen and oxygen atoms in total. The van der Waals surface area contributed by atoms with Crippen LogP contribution in [0.5, 0.6) is 5.75 Å². The molecule has 0 saturated carbocycles. The second-order valence-electron chi connectivity index (χ2n) is 6.25. The summed E-state index contributed by atoms with van der Waals surface area (Å²) in [6.07, 6.45) is 0.594. The highest BCUT2D eigenvalue weighted by molar-refractivity contribution is 6.46. The van der Waals surface area contributed by atoms with Gasteiger partial charge in [-0.3, -0.25) is 9.59 Å². The monoisotopic (exact) mass is 369 g/mol. The first-order chi connectivity index (χ1) is 13.0. The number of aliphatic hydroxyl groups excluding tert-OH is 1. The third-order valence-electron chi connectivity index (χ3n) is 4.55. The molecule has 3 rings (SSSR count). The van der Waals surface area contributed by atoms with E-state index in [4.69, 9.17) is 4.74 Å². The molecule has 140 valence electrons. The lowest BCUT2D eigenvalue weighted by Gasteiger charge is -2.25. The maximum atomic E-state index is 14.5. The van der Waals surface area contributed by atoms with E-state index < -0.39 is 23.5 Å². The molecular formula is C21H20FNO4. The number of carbonyl (C=O) groups is 2. The van der Waals surface area contributed by atoms with Gasteiger partial charge in [0.05, 0.1) is 18.7 Å². The van der Waals surface area contributed by atoms with E-state index in [2.05, 4.69) is 0 Å². The van der Waals surface area contributed by atoms with E-state index in [0.717, 1.165) is 0 Å². The van der Waals surface area contributed by atoms with E-state index in [9.17, 15) is 19.1 Å². The number of likely N-dealkylation sites (tertiary alicyclic amines) is 1. The van der Waals surface area contributed by atoms with Crippen molar-refractivity contribution in [2.75, 3.05) is 13.7 Å². The molecule has 0 aliphatic carbocycles. The van der Waals surface area contributed by atoms with Crippen molar-refractivity contribution in [1.82, 2.24) is 4.90 Å². The highest BCUT2D eigenvalue weighted by Gasteiger charge is 2.46. The standard InChI is InChI=1S/C21H20FNO4/c1-3-11-23-18(15-9-4-5-10-16(15)22)17(20(25)21(23)26)19(24)13-7-6-8-14(12-13)27-2/h4-10,12,18,24H,3,11H2,1-2H3/b19-17-. The van der Waals surface area contributed by atoms with Crippen LogP contribution in [-0.4, -0.2) is 35.4 Å². The normalized spacial score (nSPS) is 18.8.